The topological polar surface area (TPSA) is 37.3 Å². The van der Waals surface area contributed by atoms with Crippen LogP contribution >= 0.6 is 0 Å². The quantitative estimate of drug-likeness (QED) is 0.546. The Bertz CT molecular complexity index is 550. The van der Waals surface area contributed by atoms with Gasteiger partial charge in [-0.1, -0.05) is 0 Å². The monoisotopic (exact) mass is 224 g/mol. The SMILES string of the molecule is CC1=C(C(=O)O)C2=CC=C=CC=C2/C1=[CH]\[Al]. The van der Waals surface area contributed by atoms with E-state index in [1.807, 2.05) is 17.9 Å². The summed E-state index contributed by atoms with van der Waals surface area (Å²) < 4.78 is 0. The van der Waals surface area contributed by atoms with Gasteiger partial charge in [-0.2, -0.15) is 4.94 Å². The number of allylic oxidation sites excluding steroid dienone is 6. The lowest BCUT2D eigenvalue weighted by Gasteiger charge is -2.02. The van der Waals surface area contributed by atoms with Crippen LogP contribution in [0, 0.1) is 0 Å². The van der Waals surface area contributed by atoms with Crippen LogP contribution in [0.5, 0.6) is 0 Å². The molecule has 0 spiro atoms. The molecule has 2 nitrogen and oxygen atoms in total. The van der Waals surface area contributed by atoms with Crippen LogP contribution in [0.3, 0.4) is 0 Å². The summed E-state index contributed by atoms with van der Waals surface area (Å²) in [6.07, 6.45) is 7.22. The Morgan fingerprint density at radius 1 is 1.38 bits per heavy atom. The maximum atomic E-state index is 11.2. The van der Waals surface area contributed by atoms with Gasteiger partial charge in [0.1, 0.15) is 0 Å². The van der Waals surface area contributed by atoms with Gasteiger partial charge in [0.25, 0.3) is 0 Å². The summed E-state index contributed by atoms with van der Waals surface area (Å²) >= 11 is 2.52. The van der Waals surface area contributed by atoms with Crippen molar-refractivity contribution in [3.05, 3.63) is 62.8 Å². The van der Waals surface area contributed by atoms with Crippen LogP contribution in [0.2, 0.25) is 0 Å². The molecule has 1 N–H and O–H groups in total. The average Bonchev–Trinajstić information content (AvgIpc) is 2.40. The lowest BCUT2D eigenvalue weighted by atomic mass is 10.0. The third-order valence-electron chi connectivity index (χ3n) is 2.70. The largest absolute Gasteiger partial charge is 0.478 e. The van der Waals surface area contributed by atoms with Gasteiger partial charge in [-0.25, -0.2) is 4.79 Å². The van der Waals surface area contributed by atoms with E-state index >= 15 is 0 Å². The van der Waals surface area contributed by atoms with Gasteiger partial charge in [0.15, 0.2) is 16.3 Å². The minimum Gasteiger partial charge on any atom is -0.478 e. The van der Waals surface area contributed by atoms with Crippen LogP contribution in [0.15, 0.2) is 62.8 Å². The molecule has 16 heavy (non-hydrogen) atoms. The molecular weight excluding hydrogens is 215 g/mol. The first-order valence-electron chi connectivity index (χ1n) is 4.87. The van der Waals surface area contributed by atoms with Crippen molar-refractivity contribution in [1.82, 2.24) is 0 Å². The lowest BCUT2D eigenvalue weighted by Crippen LogP contribution is -2.01. The van der Waals surface area contributed by atoms with Gasteiger partial charge in [-0.15, -0.1) is 5.73 Å². The zero-order valence-electron chi connectivity index (χ0n) is 8.82. The van der Waals surface area contributed by atoms with Gasteiger partial charge in [0, 0.05) is 0 Å². The van der Waals surface area contributed by atoms with Crippen LogP contribution in [-0.2, 0) is 4.79 Å². The summed E-state index contributed by atoms with van der Waals surface area (Å²) in [5.41, 5.74) is 6.81. The first-order valence-corrected chi connectivity index (χ1v) is 5.54. The van der Waals surface area contributed by atoms with Crippen molar-refractivity contribution >= 4 is 22.3 Å². The van der Waals surface area contributed by atoms with Gasteiger partial charge in [0.05, 0.1) is 5.57 Å². The second-order valence-electron chi connectivity index (χ2n) is 3.55. The predicted molar refractivity (Wildman–Crippen MR) is 63.0 cm³/mol. The molecule has 0 saturated heterocycles. The number of carbonyl (C=O) groups is 1. The molecule has 0 aromatic heterocycles. The smallest absolute Gasteiger partial charge is 0.336 e. The van der Waals surface area contributed by atoms with Gasteiger partial charge in [-0.3, -0.25) is 0 Å². The van der Waals surface area contributed by atoms with E-state index < -0.39 is 5.97 Å². The Balaban J connectivity index is 2.71. The molecule has 2 rings (SSSR count). The first kappa shape index (κ1) is 11.0. The number of carboxylic acids is 1. The highest BCUT2D eigenvalue weighted by Gasteiger charge is 2.29. The van der Waals surface area contributed by atoms with Crippen LogP contribution in [0.1, 0.15) is 6.92 Å². The molecule has 2 radical (unpaired) electrons. The van der Waals surface area contributed by atoms with E-state index in [1.54, 1.807) is 18.2 Å². The van der Waals surface area contributed by atoms with Crippen molar-refractivity contribution in [2.75, 3.05) is 0 Å². The zero-order chi connectivity index (χ0) is 11.7. The Morgan fingerprint density at radius 3 is 2.56 bits per heavy atom. The molecule has 2 aliphatic carbocycles. The Hall–Kier alpha value is -1.52. The third kappa shape index (κ3) is 1.56. The van der Waals surface area contributed by atoms with E-state index in [-0.39, 0.29) is 0 Å². The summed E-state index contributed by atoms with van der Waals surface area (Å²) in [6.45, 7) is 1.84. The lowest BCUT2D eigenvalue weighted by molar-refractivity contribution is -0.132. The maximum Gasteiger partial charge on any atom is 0.336 e. The summed E-state index contributed by atoms with van der Waals surface area (Å²) in [6, 6.07) is 0. The third-order valence-corrected chi connectivity index (χ3v) is 3.04. The minimum atomic E-state index is -0.883. The average molecular weight is 224 g/mol. The highest BCUT2D eigenvalue weighted by molar-refractivity contribution is 6.19. The van der Waals surface area contributed by atoms with E-state index in [0.717, 1.165) is 22.3 Å². The van der Waals surface area contributed by atoms with Crippen molar-refractivity contribution in [3.8, 4) is 0 Å². The maximum absolute atomic E-state index is 11.2. The Labute approximate surface area is 102 Å². The molecule has 0 atom stereocenters. The Morgan fingerprint density at radius 2 is 2.00 bits per heavy atom. The second-order valence-corrected chi connectivity index (χ2v) is 3.88. The summed E-state index contributed by atoms with van der Waals surface area (Å²) in [7, 11) is 0. The number of fused-ring (bicyclic) bond motifs is 1. The van der Waals surface area contributed by atoms with Crippen molar-refractivity contribution in [3.63, 3.8) is 0 Å². The van der Waals surface area contributed by atoms with E-state index in [2.05, 4.69) is 22.0 Å². The van der Waals surface area contributed by atoms with Crippen molar-refractivity contribution in [1.29, 1.82) is 0 Å². The van der Waals surface area contributed by atoms with Crippen molar-refractivity contribution in [2.45, 2.75) is 6.92 Å². The van der Waals surface area contributed by atoms with Gasteiger partial charge < -0.3 is 5.11 Å². The predicted octanol–water partition coefficient (Wildman–Crippen LogP) is 2.03. The van der Waals surface area contributed by atoms with Crippen LogP contribution in [0.4, 0.5) is 0 Å². The first-order chi connectivity index (χ1) is 7.66. The van der Waals surface area contributed by atoms with Gasteiger partial charge >= 0.3 is 5.97 Å². The molecule has 0 fully saturated rings. The van der Waals surface area contributed by atoms with E-state index in [9.17, 15) is 9.90 Å². The highest BCUT2D eigenvalue weighted by atomic mass is 27.0. The Kier molecular flexibility index (Phi) is 2.85. The molecule has 0 aromatic carbocycles. The molecule has 76 valence electrons. The van der Waals surface area contributed by atoms with Gasteiger partial charge in [-0.05, 0) is 53.5 Å². The van der Waals surface area contributed by atoms with E-state index in [0.29, 0.717) is 5.57 Å². The molecule has 0 bridgehead atoms. The zero-order valence-corrected chi connectivity index (χ0v) is 9.97. The molecule has 0 saturated carbocycles. The van der Waals surface area contributed by atoms with Crippen molar-refractivity contribution < 1.29 is 9.90 Å². The molecular formula is C13H9AlO2. The molecule has 3 heteroatoms. The summed E-state index contributed by atoms with van der Waals surface area (Å²) in [5, 5.41) is 9.22. The minimum absolute atomic E-state index is 0.383. The number of hydrogen-bond donors (Lipinski definition) is 1. The molecule has 0 unspecified atom stereocenters. The second kappa shape index (κ2) is 4.16. The van der Waals surface area contributed by atoms with Crippen LogP contribution in [-0.4, -0.2) is 27.4 Å². The fourth-order valence-electron chi connectivity index (χ4n) is 1.98. The van der Waals surface area contributed by atoms with Crippen molar-refractivity contribution in [2.24, 2.45) is 0 Å². The number of aliphatic carboxylic acids is 1. The van der Waals surface area contributed by atoms with Crippen LogP contribution < -0.4 is 0 Å². The molecule has 0 amide bonds. The standard InChI is InChI=1S/C13H9O2.Al/c1-8-9(2)12(13(14)15)11-7-5-3-4-6-10(8)11;/h1,4-7H,2H3,(H,14,15);. The van der Waals surface area contributed by atoms with Gasteiger partial charge in [0.2, 0.25) is 0 Å². The fourth-order valence-corrected chi connectivity index (χ4v) is 2.41. The summed E-state index contributed by atoms with van der Waals surface area (Å²) in [4.78, 5) is 13.1. The number of carboxylic acid groups (broad SMARTS) is 1. The molecule has 0 aliphatic heterocycles. The highest BCUT2D eigenvalue weighted by Crippen LogP contribution is 2.40. The number of rotatable bonds is 1. The fraction of sp³-hybridized carbons (Fsp3) is 0.0769. The molecule has 2 aliphatic rings. The van der Waals surface area contributed by atoms with Crippen LogP contribution in [0.25, 0.3) is 0 Å². The summed E-state index contributed by atoms with van der Waals surface area (Å²) in [5.74, 6) is -0.883. The normalized spacial score (nSPS) is 20.7. The number of hydrogen-bond acceptors (Lipinski definition) is 1. The van der Waals surface area contributed by atoms with E-state index in [4.69, 9.17) is 0 Å². The molecule has 0 heterocycles. The van der Waals surface area contributed by atoms with E-state index in [1.165, 1.54) is 0 Å². The molecule has 0 aromatic rings.